The number of carbonyl (C=O) groups excluding carboxylic acids is 2. The Morgan fingerprint density at radius 1 is 0.679 bits per heavy atom. The Morgan fingerprint density at radius 2 is 1.04 bits per heavy atom. The van der Waals surface area contributed by atoms with Crippen LogP contribution in [-0.2, 0) is 22.6 Å². The maximum Gasteiger partial charge on any atom is 0.338 e. The van der Waals surface area contributed by atoms with E-state index in [4.69, 9.17) is 9.47 Å². The second-order valence-corrected chi connectivity index (χ2v) is 6.19. The van der Waals surface area contributed by atoms with E-state index >= 15 is 0 Å². The Labute approximate surface area is 166 Å². The molecule has 0 fully saturated rings. The van der Waals surface area contributed by atoms with Gasteiger partial charge in [0.05, 0.1) is 24.3 Å². The topological polar surface area (TPSA) is 76.7 Å². The molecule has 0 aliphatic heterocycles. The molecule has 0 aliphatic rings. The van der Waals surface area contributed by atoms with Crippen LogP contribution >= 0.6 is 0 Å². The van der Waals surface area contributed by atoms with Gasteiger partial charge in [-0.1, -0.05) is 24.3 Å². The largest absolute Gasteiger partial charge is 0.462 e. The summed E-state index contributed by atoms with van der Waals surface area (Å²) in [7, 11) is 0. The van der Waals surface area contributed by atoms with Crippen LogP contribution in [-0.4, -0.2) is 38.2 Å². The predicted octanol–water partition coefficient (Wildman–Crippen LogP) is 2.92. The van der Waals surface area contributed by atoms with Gasteiger partial charge in [-0.3, -0.25) is 0 Å². The Morgan fingerprint density at radius 3 is 1.36 bits per heavy atom. The molecule has 0 unspecified atom stereocenters. The molecule has 0 spiro atoms. The van der Waals surface area contributed by atoms with E-state index in [-0.39, 0.29) is 11.9 Å². The van der Waals surface area contributed by atoms with Crippen LogP contribution in [0.5, 0.6) is 0 Å². The van der Waals surface area contributed by atoms with Crippen LogP contribution in [0, 0.1) is 0 Å². The molecule has 6 nitrogen and oxygen atoms in total. The van der Waals surface area contributed by atoms with E-state index in [1.807, 2.05) is 24.3 Å². The summed E-state index contributed by atoms with van der Waals surface area (Å²) in [6.45, 7) is 7.46. The molecule has 0 bridgehead atoms. The lowest BCUT2D eigenvalue weighted by molar-refractivity contribution is 0.0516. The standard InChI is InChI=1S/C22H28N2O4/c1-3-27-21(25)19-9-5-17(6-10-19)15-23-13-14-24-16-18-7-11-20(12-8-18)22(26)28-4-2/h5-12,23-24H,3-4,13-16H2,1-2H3. The SMILES string of the molecule is CCOC(=O)c1ccc(CNCCNCc2ccc(C(=O)OCC)cc2)cc1. The van der Waals surface area contributed by atoms with Crippen LogP contribution in [0.25, 0.3) is 0 Å². The summed E-state index contributed by atoms with van der Waals surface area (Å²) in [4.78, 5) is 23.2. The second kappa shape index (κ2) is 11.9. The number of nitrogens with one attached hydrogen (secondary N) is 2. The molecule has 0 aliphatic carbocycles. The first-order valence-electron chi connectivity index (χ1n) is 9.57. The van der Waals surface area contributed by atoms with Crippen LogP contribution in [0.2, 0.25) is 0 Å². The fourth-order valence-electron chi connectivity index (χ4n) is 2.59. The van der Waals surface area contributed by atoms with E-state index in [0.717, 1.165) is 37.3 Å². The number of benzene rings is 2. The molecule has 150 valence electrons. The molecule has 28 heavy (non-hydrogen) atoms. The quantitative estimate of drug-likeness (QED) is 0.458. The summed E-state index contributed by atoms with van der Waals surface area (Å²) in [6, 6.07) is 14.9. The highest BCUT2D eigenvalue weighted by atomic mass is 16.5. The van der Waals surface area contributed by atoms with Gasteiger partial charge < -0.3 is 20.1 Å². The first-order chi connectivity index (χ1) is 13.6. The van der Waals surface area contributed by atoms with Crippen LogP contribution in [0.15, 0.2) is 48.5 Å². The van der Waals surface area contributed by atoms with E-state index in [0.29, 0.717) is 24.3 Å². The molecule has 0 amide bonds. The normalized spacial score (nSPS) is 10.5. The van der Waals surface area contributed by atoms with Crippen molar-refractivity contribution in [2.75, 3.05) is 26.3 Å². The Hall–Kier alpha value is -2.70. The fraction of sp³-hybridized carbons (Fsp3) is 0.364. The van der Waals surface area contributed by atoms with Crippen LogP contribution in [0.4, 0.5) is 0 Å². The zero-order valence-corrected chi connectivity index (χ0v) is 16.5. The summed E-state index contributed by atoms with van der Waals surface area (Å²) < 4.78 is 9.95. The van der Waals surface area contributed by atoms with Crippen molar-refractivity contribution >= 4 is 11.9 Å². The van der Waals surface area contributed by atoms with E-state index in [2.05, 4.69) is 10.6 Å². The van der Waals surface area contributed by atoms with Crippen molar-refractivity contribution in [2.45, 2.75) is 26.9 Å². The molecular formula is C22H28N2O4. The van der Waals surface area contributed by atoms with Crippen LogP contribution in [0.3, 0.4) is 0 Å². The number of esters is 2. The van der Waals surface area contributed by atoms with Gasteiger partial charge in [0.25, 0.3) is 0 Å². The zero-order chi connectivity index (χ0) is 20.2. The minimum atomic E-state index is -0.290. The molecule has 2 N–H and O–H groups in total. The van der Waals surface area contributed by atoms with Crippen molar-refractivity contribution in [3.8, 4) is 0 Å². The lowest BCUT2D eigenvalue weighted by Crippen LogP contribution is -2.26. The Kier molecular flexibility index (Phi) is 9.18. The van der Waals surface area contributed by atoms with Crippen molar-refractivity contribution in [3.63, 3.8) is 0 Å². The van der Waals surface area contributed by atoms with Crippen LogP contribution < -0.4 is 10.6 Å². The van der Waals surface area contributed by atoms with Crippen LogP contribution in [0.1, 0.15) is 45.7 Å². The highest BCUT2D eigenvalue weighted by Crippen LogP contribution is 2.07. The van der Waals surface area contributed by atoms with Gasteiger partial charge in [0, 0.05) is 26.2 Å². The molecule has 0 saturated heterocycles. The first-order valence-corrected chi connectivity index (χ1v) is 9.57. The predicted molar refractivity (Wildman–Crippen MR) is 108 cm³/mol. The highest BCUT2D eigenvalue weighted by molar-refractivity contribution is 5.89. The van der Waals surface area contributed by atoms with E-state index in [1.54, 1.807) is 38.1 Å². The van der Waals surface area contributed by atoms with Gasteiger partial charge in [-0.15, -0.1) is 0 Å². The first kappa shape index (κ1) is 21.6. The molecule has 2 aromatic carbocycles. The average Bonchev–Trinajstić information content (AvgIpc) is 2.72. The third-order valence-electron chi connectivity index (χ3n) is 4.07. The highest BCUT2D eigenvalue weighted by Gasteiger charge is 2.06. The molecule has 0 atom stereocenters. The Bertz CT molecular complexity index is 677. The molecule has 0 radical (unpaired) electrons. The third kappa shape index (κ3) is 7.13. The summed E-state index contributed by atoms with van der Waals surface area (Å²) in [5.41, 5.74) is 3.37. The molecule has 6 heteroatoms. The minimum Gasteiger partial charge on any atom is -0.462 e. The van der Waals surface area contributed by atoms with Crippen molar-refractivity contribution in [1.29, 1.82) is 0 Å². The molecule has 0 heterocycles. The minimum absolute atomic E-state index is 0.290. The molecule has 2 aromatic rings. The second-order valence-electron chi connectivity index (χ2n) is 6.19. The lowest BCUT2D eigenvalue weighted by atomic mass is 10.1. The number of rotatable bonds is 11. The monoisotopic (exact) mass is 384 g/mol. The smallest absolute Gasteiger partial charge is 0.338 e. The molecule has 0 saturated carbocycles. The van der Waals surface area contributed by atoms with Gasteiger partial charge in [0.2, 0.25) is 0 Å². The zero-order valence-electron chi connectivity index (χ0n) is 16.5. The van der Waals surface area contributed by atoms with Gasteiger partial charge in [-0.05, 0) is 49.2 Å². The fourth-order valence-corrected chi connectivity index (χ4v) is 2.59. The Balaban J connectivity index is 1.63. The summed E-state index contributed by atoms with van der Waals surface area (Å²) >= 11 is 0. The van der Waals surface area contributed by atoms with E-state index in [9.17, 15) is 9.59 Å². The van der Waals surface area contributed by atoms with Gasteiger partial charge in [-0.2, -0.15) is 0 Å². The van der Waals surface area contributed by atoms with Gasteiger partial charge in [0.1, 0.15) is 0 Å². The van der Waals surface area contributed by atoms with Gasteiger partial charge in [0.15, 0.2) is 0 Å². The summed E-state index contributed by atoms with van der Waals surface area (Å²) in [5, 5.41) is 6.72. The molecular weight excluding hydrogens is 356 g/mol. The molecule has 0 aromatic heterocycles. The number of hydrogen-bond acceptors (Lipinski definition) is 6. The third-order valence-corrected chi connectivity index (χ3v) is 4.07. The van der Waals surface area contributed by atoms with E-state index < -0.39 is 0 Å². The molecule has 2 rings (SSSR count). The maximum atomic E-state index is 11.6. The average molecular weight is 384 g/mol. The summed E-state index contributed by atoms with van der Waals surface area (Å²) in [6.07, 6.45) is 0. The van der Waals surface area contributed by atoms with E-state index in [1.165, 1.54) is 0 Å². The van der Waals surface area contributed by atoms with Crippen molar-refractivity contribution in [2.24, 2.45) is 0 Å². The summed E-state index contributed by atoms with van der Waals surface area (Å²) in [5.74, 6) is -0.581. The number of carbonyl (C=O) groups is 2. The van der Waals surface area contributed by atoms with Crippen molar-refractivity contribution in [1.82, 2.24) is 10.6 Å². The van der Waals surface area contributed by atoms with Crippen molar-refractivity contribution in [3.05, 3.63) is 70.8 Å². The number of hydrogen-bond donors (Lipinski definition) is 2. The van der Waals surface area contributed by atoms with Crippen molar-refractivity contribution < 1.29 is 19.1 Å². The lowest BCUT2D eigenvalue weighted by Gasteiger charge is -2.08. The van der Waals surface area contributed by atoms with Gasteiger partial charge >= 0.3 is 11.9 Å². The number of ether oxygens (including phenoxy) is 2. The van der Waals surface area contributed by atoms with Gasteiger partial charge in [-0.25, -0.2) is 9.59 Å². The maximum absolute atomic E-state index is 11.6.